The predicted molar refractivity (Wildman–Crippen MR) is 120 cm³/mol. The molecule has 5 rings (SSSR count). The fraction of sp³-hybridized carbons (Fsp3) is 0.500. The van der Waals surface area contributed by atoms with Crippen molar-refractivity contribution in [1.82, 2.24) is 19.0 Å². The summed E-state index contributed by atoms with van der Waals surface area (Å²) in [6.07, 6.45) is 2.03. The Kier molecular flexibility index (Phi) is 5.08. The van der Waals surface area contributed by atoms with Gasteiger partial charge in [-0.3, -0.25) is 14.2 Å². The van der Waals surface area contributed by atoms with Crippen LogP contribution in [-0.2, 0) is 17.9 Å². The van der Waals surface area contributed by atoms with Crippen LogP contribution in [0.5, 0.6) is 11.5 Å². The molecule has 0 spiro atoms. The molecule has 0 N–H and O–H groups in total. The summed E-state index contributed by atoms with van der Waals surface area (Å²) in [4.78, 5) is 33.3. The highest BCUT2D eigenvalue weighted by Gasteiger charge is 2.27. The predicted octanol–water partition coefficient (Wildman–Crippen LogP) is 2.73. The molecule has 2 aromatic heterocycles. The first-order valence-corrected chi connectivity index (χ1v) is 11.6. The molecule has 4 heterocycles. The second kappa shape index (κ2) is 7.78. The largest absolute Gasteiger partial charge is 0.493 e. The minimum absolute atomic E-state index is 0.0276. The Hall–Kier alpha value is -2.68. The van der Waals surface area contributed by atoms with Gasteiger partial charge >= 0.3 is 0 Å². The van der Waals surface area contributed by atoms with Crippen LogP contribution < -0.4 is 15.0 Å². The summed E-state index contributed by atoms with van der Waals surface area (Å²) in [6, 6.07) is 3.69. The minimum atomic E-state index is -0.0980. The van der Waals surface area contributed by atoms with E-state index in [-0.39, 0.29) is 18.0 Å². The number of nitrogens with zero attached hydrogens (tertiary/aromatic N) is 4. The average molecular weight is 443 g/mol. The lowest BCUT2D eigenvalue weighted by atomic mass is 9.99. The van der Waals surface area contributed by atoms with Crippen LogP contribution in [0.25, 0.3) is 21.9 Å². The Bertz CT molecular complexity index is 1240. The van der Waals surface area contributed by atoms with E-state index in [1.54, 1.807) is 30.5 Å². The van der Waals surface area contributed by atoms with E-state index in [9.17, 15) is 9.59 Å². The lowest BCUT2D eigenvalue weighted by Crippen LogP contribution is -2.40. The van der Waals surface area contributed by atoms with Gasteiger partial charge in [0.25, 0.3) is 5.56 Å². The van der Waals surface area contributed by atoms with E-state index in [1.165, 1.54) is 0 Å². The molecular formula is C22H26N4O4S. The number of likely N-dealkylation sites (tertiary alicyclic amines) is 1. The lowest BCUT2D eigenvalue weighted by Gasteiger charge is -2.30. The molecule has 0 radical (unpaired) electrons. The fourth-order valence-corrected chi connectivity index (χ4v) is 5.49. The Morgan fingerprint density at radius 1 is 1.16 bits per heavy atom. The second-order valence-corrected chi connectivity index (χ2v) is 9.33. The monoisotopic (exact) mass is 442 g/mol. The number of rotatable bonds is 4. The van der Waals surface area contributed by atoms with Gasteiger partial charge in [-0.05, 0) is 24.8 Å². The molecule has 2 aliphatic heterocycles. The zero-order valence-electron chi connectivity index (χ0n) is 18.0. The number of hydrogen-bond donors (Lipinski definition) is 0. The van der Waals surface area contributed by atoms with Crippen LogP contribution in [0.4, 0.5) is 0 Å². The zero-order chi connectivity index (χ0) is 21.7. The van der Waals surface area contributed by atoms with Crippen LogP contribution >= 0.6 is 11.8 Å². The van der Waals surface area contributed by atoms with Gasteiger partial charge in [-0.15, -0.1) is 0 Å². The number of benzene rings is 1. The molecular weight excluding hydrogens is 416 g/mol. The molecule has 1 fully saturated rings. The zero-order valence-corrected chi connectivity index (χ0v) is 18.8. The Labute approximate surface area is 184 Å². The van der Waals surface area contributed by atoms with Gasteiger partial charge in [0.05, 0.1) is 19.7 Å². The van der Waals surface area contributed by atoms with Crippen LogP contribution in [0.3, 0.4) is 0 Å². The van der Waals surface area contributed by atoms with Crippen LogP contribution in [0.1, 0.15) is 19.8 Å². The molecule has 1 saturated heterocycles. The fourth-order valence-electron chi connectivity index (χ4n) is 4.55. The summed E-state index contributed by atoms with van der Waals surface area (Å²) in [5.41, 5.74) is 1.74. The van der Waals surface area contributed by atoms with Gasteiger partial charge in [0.1, 0.15) is 17.6 Å². The normalized spacial score (nSPS) is 16.8. The Morgan fingerprint density at radius 2 is 1.87 bits per heavy atom. The summed E-state index contributed by atoms with van der Waals surface area (Å²) in [5.74, 6) is 2.62. The van der Waals surface area contributed by atoms with E-state index >= 15 is 0 Å². The van der Waals surface area contributed by atoms with Gasteiger partial charge in [0.15, 0.2) is 16.7 Å². The number of hydrogen-bond acceptors (Lipinski definition) is 6. The molecule has 0 saturated carbocycles. The average Bonchev–Trinajstić information content (AvgIpc) is 3.37. The van der Waals surface area contributed by atoms with Crippen LogP contribution in [0.2, 0.25) is 0 Å². The Balaban J connectivity index is 1.71. The SMILES string of the molecule is COc1cc2c3nc4n(c(=O)c3n(CC(=O)N3CCC(C)CC3)c2cc1OC)CCS4. The number of thioether (sulfide) groups is 1. The van der Waals surface area contributed by atoms with Crippen molar-refractivity contribution in [3.8, 4) is 11.5 Å². The third-order valence-corrected chi connectivity index (χ3v) is 7.36. The number of fused-ring (bicyclic) bond motifs is 4. The van der Waals surface area contributed by atoms with Gasteiger partial charge in [0.2, 0.25) is 5.91 Å². The van der Waals surface area contributed by atoms with Crippen LogP contribution in [-0.4, -0.2) is 58.0 Å². The van der Waals surface area contributed by atoms with Crippen molar-refractivity contribution in [2.45, 2.75) is 38.0 Å². The van der Waals surface area contributed by atoms with Crippen molar-refractivity contribution in [3.63, 3.8) is 0 Å². The van der Waals surface area contributed by atoms with E-state index in [1.807, 2.05) is 21.6 Å². The highest BCUT2D eigenvalue weighted by atomic mass is 32.2. The number of aromatic nitrogens is 3. The van der Waals surface area contributed by atoms with Crippen molar-refractivity contribution in [1.29, 1.82) is 0 Å². The molecule has 31 heavy (non-hydrogen) atoms. The Morgan fingerprint density at radius 3 is 2.58 bits per heavy atom. The van der Waals surface area contributed by atoms with Crippen LogP contribution in [0, 0.1) is 5.92 Å². The van der Waals surface area contributed by atoms with Crippen molar-refractivity contribution >= 4 is 39.6 Å². The molecule has 0 aliphatic carbocycles. The van der Waals surface area contributed by atoms with Gasteiger partial charge in [-0.2, -0.15) is 0 Å². The number of piperidine rings is 1. The first-order valence-electron chi connectivity index (χ1n) is 10.6. The number of ether oxygens (including phenoxy) is 2. The third kappa shape index (κ3) is 3.26. The minimum Gasteiger partial charge on any atom is -0.493 e. The molecule has 164 valence electrons. The lowest BCUT2D eigenvalue weighted by molar-refractivity contribution is -0.133. The molecule has 8 nitrogen and oxygen atoms in total. The molecule has 2 aliphatic rings. The highest BCUT2D eigenvalue weighted by Crippen LogP contribution is 2.37. The molecule has 3 aromatic rings. The maximum atomic E-state index is 13.4. The summed E-state index contributed by atoms with van der Waals surface area (Å²) in [7, 11) is 3.16. The standard InChI is InChI=1S/C22H26N4O4S/c1-13-4-6-24(7-5-13)18(27)12-26-15-11-17(30-3)16(29-2)10-14(15)19-20(26)21(28)25-8-9-31-22(25)23-19/h10-11,13H,4-9,12H2,1-3H3. The van der Waals surface area contributed by atoms with E-state index in [4.69, 9.17) is 14.5 Å². The maximum Gasteiger partial charge on any atom is 0.278 e. The van der Waals surface area contributed by atoms with Crippen molar-refractivity contribution < 1.29 is 14.3 Å². The summed E-state index contributed by atoms with van der Waals surface area (Å²) >= 11 is 1.58. The molecule has 0 bridgehead atoms. The summed E-state index contributed by atoms with van der Waals surface area (Å²) in [5, 5.41) is 1.52. The van der Waals surface area contributed by atoms with E-state index < -0.39 is 0 Å². The number of amides is 1. The quantitative estimate of drug-likeness (QED) is 0.578. The van der Waals surface area contributed by atoms with Crippen molar-refractivity contribution in [2.24, 2.45) is 5.92 Å². The molecule has 0 unspecified atom stereocenters. The number of methoxy groups -OCH3 is 2. The first-order chi connectivity index (χ1) is 15.0. The smallest absolute Gasteiger partial charge is 0.278 e. The molecule has 9 heteroatoms. The highest BCUT2D eigenvalue weighted by molar-refractivity contribution is 7.99. The van der Waals surface area contributed by atoms with Gasteiger partial charge in [0, 0.05) is 36.8 Å². The number of carbonyl (C=O) groups excluding carboxylic acids is 1. The van der Waals surface area contributed by atoms with Gasteiger partial charge in [-0.1, -0.05) is 18.7 Å². The maximum absolute atomic E-state index is 13.4. The van der Waals surface area contributed by atoms with Gasteiger partial charge in [-0.25, -0.2) is 4.98 Å². The van der Waals surface area contributed by atoms with E-state index in [2.05, 4.69) is 6.92 Å². The van der Waals surface area contributed by atoms with E-state index in [0.717, 1.165) is 47.7 Å². The van der Waals surface area contributed by atoms with Crippen molar-refractivity contribution in [2.75, 3.05) is 33.1 Å². The summed E-state index contributed by atoms with van der Waals surface area (Å²) < 4.78 is 14.5. The molecule has 1 aromatic carbocycles. The first kappa shape index (κ1) is 20.2. The third-order valence-electron chi connectivity index (χ3n) is 6.40. The second-order valence-electron chi connectivity index (χ2n) is 8.27. The van der Waals surface area contributed by atoms with E-state index in [0.29, 0.717) is 35.0 Å². The van der Waals surface area contributed by atoms with Crippen LogP contribution in [0.15, 0.2) is 22.1 Å². The topological polar surface area (TPSA) is 78.6 Å². The molecule has 0 atom stereocenters. The summed E-state index contributed by atoms with van der Waals surface area (Å²) in [6.45, 7) is 4.48. The number of carbonyl (C=O) groups is 1. The molecule has 1 amide bonds. The van der Waals surface area contributed by atoms with Gasteiger partial charge < -0.3 is 18.9 Å². The van der Waals surface area contributed by atoms with Crippen molar-refractivity contribution in [3.05, 3.63) is 22.5 Å².